The number of aromatic nitrogens is 2. The Morgan fingerprint density at radius 1 is 0.917 bits per heavy atom. The van der Waals surface area contributed by atoms with Crippen LogP contribution in [0.4, 0.5) is 9.59 Å². The number of urea groups is 1. The highest BCUT2D eigenvalue weighted by Gasteiger charge is 2.28. The summed E-state index contributed by atoms with van der Waals surface area (Å²) >= 11 is 2.94. The number of nitrogens with zero attached hydrogens (tertiary/aromatic N) is 3. The molecule has 4 atom stereocenters. The number of benzene rings is 2. The lowest BCUT2D eigenvalue weighted by Gasteiger charge is -2.29. The quantitative estimate of drug-likeness (QED) is 0.125. The second-order valence-electron chi connectivity index (χ2n) is 12.0. The Kier molecular flexibility index (Phi) is 13.9. The fourth-order valence-electron chi connectivity index (χ4n) is 5.00. The summed E-state index contributed by atoms with van der Waals surface area (Å²) in [6.07, 6.45) is 0.844. The van der Waals surface area contributed by atoms with E-state index in [-0.39, 0.29) is 13.0 Å². The number of ether oxygens (including phenoxy) is 1. The van der Waals surface area contributed by atoms with Gasteiger partial charge < -0.3 is 30.7 Å². The zero-order chi connectivity index (χ0) is 34.5. The Balaban J connectivity index is 1.41. The lowest BCUT2D eigenvalue weighted by Crippen LogP contribution is -2.53. The molecular formula is C35H44N6O5S2. The summed E-state index contributed by atoms with van der Waals surface area (Å²) in [5.74, 6) is -0.0847. The lowest BCUT2D eigenvalue weighted by molar-refractivity contribution is -0.123. The highest BCUT2D eigenvalue weighted by molar-refractivity contribution is 7.09. The maximum absolute atomic E-state index is 13.4. The standard InChI is InChI=1S/C35H44N6O5S2/c1-23(2)33-39-28(21-47-33)19-41(4)34(44)37-24(3)32(43)38-27(15-25-11-7-5-8-12-25)17-31(42)30(16-26-13-9-6-10-14-26)40-35(45)46-20-29-18-36-22-48-29/h5-14,18,21-24,27,30-31,42H,15-17,19-20H2,1-4H3,(H,37,44)(H,38,43)(H,40,45)/t24?,27-,30-,31-/m0/s1. The topological polar surface area (TPSA) is 146 Å². The average molecular weight is 693 g/mol. The summed E-state index contributed by atoms with van der Waals surface area (Å²) < 4.78 is 5.40. The molecule has 2 aromatic carbocycles. The van der Waals surface area contributed by atoms with Crippen molar-refractivity contribution in [3.8, 4) is 0 Å². The fourth-order valence-corrected chi connectivity index (χ4v) is 6.34. The highest BCUT2D eigenvalue weighted by Crippen LogP contribution is 2.20. The molecule has 0 saturated carbocycles. The molecule has 0 aliphatic heterocycles. The van der Waals surface area contributed by atoms with E-state index < -0.39 is 42.3 Å². The Morgan fingerprint density at radius 3 is 2.19 bits per heavy atom. The molecule has 1 unspecified atom stereocenters. The summed E-state index contributed by atoms with van der Waals surface area (Å²) in [5.41, 5.74) is 4.34. The molecule has 256 valence electrons. The smallest absolute Gasteiger partial charge is 0.407 e. The van der Waals surface area contributed by atoms with Crippen LogP contribution < -0.4 is 16.0 Å². The molecule has 0 aliphatic rings. The predicted molar refractivity (Wildman–Crippen MR) is 188 cm³/mol. The van der Waals surface area contributed by atoms with E-state index in [0.29, 0.717) is 25.3 Å². The van der Waals surface area contributed by atoms with Crippen molar-refractivity contribution < 1.29 is 24.2 Å². The number of thiazole rings is 2. The van der Waals surface area contributed by atoms with Crippen molar-refractivity contribution in [3.63, 3.8) is 0 Å². The van der Waals surface area contributed by atoms with Crippen LogP contribution >= 0.6 is 22.7 Å². The van der Waals surface area contributed by atoms with Gasteiger partial charge in [-0.05, 0) is 37.3 Å². The second kappa shape index (κ2) is 18.3. The number of rotatable bonds is 16. The molecule has 0 fully saturated rings. The van der Waals surface area contributed by atoms with E-state index in [4.69, 9.17) is 4.74 Å². The molecule has 13 heteroatoms. The van der Waals surface area contributed by atoms with Gasteiger partial charge in [-0.1, -0.05) is 74.5 Å². The number of aliphatic hydroxyl groups is 1. The number of amides is 4. The minimum atomic E-state index is -1.04. The number of carbonyl (C=O) groups excluding carboxylic acids is 3. The van der Waals surface area contributed by atoms with Crippen LogP contribution in [0.3, 0.4) is 0 Å². The summed E-state index contributed by atoms with van der Waals surface area (Å²) in [4.78, 5) is 50.1. The van der Waals surface area contributed by atoms with Gasteiger partial charge in [-0.25, -0.2) is 14.6 Å². The molecule has 4 rings (SSSR count). The predicted octanol–water partition coefficient (Wildman–Crippen LogP) is 5.27. The number of aliphatic hydroxyl groups excluding tert-OH is 1. The molecule has 4 N–H and O–H groups in total. The van der Waals surface area contributed by atoms with Crippen LogP contribution in [0.1, 0.15) is 59.8 Å². The SMILES string of the molecule is CC(NC(=O)N(C)Cc1csc(C(C)C)n1)C(=O)N[C@@H](Cc1ccccc1)C[C@H](O)[C@H](Cc1ccccc1)NC(=O)OCc1cncs1. The van der Waals surface area contributed by atoms with Crippen molar-refractivity contribution in [3.05, 3.63) is 104 Å². The minimum Gasteiger partial charge on any atom is -0.444 e. The highest BCUT2D eigenvalue weighted by atomic mass is 32.1. The Bertz CT molecular complexity index is 1570. The van der Waals surface area contributed by atoms with Gasteiger partial charge in [0.1, 0.15) is 12.6 Å². The number of nitrogens with one attached hydrogen (secondary N) is 3. The van der Waals surface area contributed by atoms with E-state index in [1.165, 1.54) is 16.2 Å². The molecule has 2 aromatic heterocycles. The summed E-state index contributed by atoms with van der Waals surface area (Å²) in [7, 11) is 1.66. The van der Waals surface area contributed by atoms with Gasteiger partial charge in [-0.2, -0.15) is 0 Å². The Morgan fingerprint density at radius 2 is 1.58 bits per heavy atom. The van der Waals surface area contributed by atoms with Crippen molar-refractivity contribution in [2.45, 2.75) is 83.3 Å². The van der Waals surface area contributed by atoms with Crippen molar-refractivity contribution in [1.82, 2.24) is 30.8 Å². The van der Waals surface area contributed by atoms with Crippen LogP contribution in [0.5, 0.6) is 0 Å². The van der Waals surface area contributed by atoms with E-state index in [9.17, 15) is 19.5 Å². The average Bonchev–Trinajstić information content (AvgIpc) is 3.77. The first-order valence-electron chi connectivity index (χ1n) is 15.9. The summed E-state index contributed by atoms with van der Waals surface area (Å²) in [6, 6.07) is 16.7. The number of carbonyl (C=O) groups is 3. The molecular weight excluding hydrogens is 649 g/mol. The Hall–Kier alpha value is -4.33. The van der Waals surface area contributed by atoms with Crippen molar-refractivity contribution in [2.75, 3.05) is 7.05 Å². The van der Waals surface area contributed by atoms with E-state index in [0.717, 1.165) is 26.7 Å². The molecule has 0 spiro atoms. The van der Waals surface area contributed by atoms with Crippen molar-refractivity contribution in [2.24, 2.45) is 0 Å². The molecule has 0 bridgehead atoms. The minimum absolute atomic E-state index is 0.0683. The molecule has 2 heterocycles. The maximum Gasteiger partial charge on any atom is 0.407 e. The first-order chi connectivity index (χ1) is 23.1. The molecule has 4 amide bonds. The van der Waals surface area contributed by atoms with E-state index >= 15 is 0 Å². The van der Waals surface area contributed by atoms with Crippen molar-refractivity contribution >= 4 is 40.7 Å². The number of hydrogen-bond acceptors (Lipinski definition) is 9. The third-order valence-electron chi connectivity index (χ3n) is 7.63. The van der Waals surface area contributed by atoms with Gasteiger partial charge in [0.25, 0.3) is 0 Å². The third-order valence-corrected chi connectivity index (χ3v) is 9.58. The van der Waals surface area contributed by atoms with Crippen LogP contribution in [0.25, 0.3) is 0 Å². The molecule has 4 aromatic rings. The van der Waals surface area contributed by atoms with Gasteiger partial charge in [0.05, 0.1) is 39.8 Å². The number of alkyl carbamates (subject to hydrolysis) is 1. The molecule has 48 heavy (non-hydrogen) atoms. The van der Waals surface area contributed by atoms with E-state index in [1.807, 2.05) is 66.0 Å². The van der Waals surface area contributed by atoms with Gasteiger partial charge in [-0.15, -0.1) is 22.7 Å². The van der Waals surface area contributed by atoms with Crippen LogP contribution in [0.15, 0.2) is 77.8 Å². The van der Waals surface area contributed by atoms with E-state index in [1.54, 1.807) is 37.0 Å². The third kappa shape index (κ3) is 11.7. The summed E-state index contributed by atoms with van der Waals surface area (Å²) in [6.45, 7) is 6.15. The number of hydrogen-bond donors (Lipinski definition) is 4. The first-order valence-corrected chi connectivity index (χ1v) is 17.7. The molecule has 11 nitrogen and oxygen atoms in total. The van der Waals surface area contributed by atoms with Gasteiger partial charge in [0.15, 0.2) is 0 Å². The maximum atomic E-state index is 13.4. The fraction of sp³-hybridized carbons (Fsp3) is 0.400. The molecule has 0 radical (unpaired) electrons. The van der Waals surface area contributed by atoms with Gasteiger partial charge in [0.2, 0.25) is 5.91 Å². The molecule has 0 aliphatic carbocycles. The first kappa shape index (κ1) is 36.5. The lowest BCUT2D eigenvalue weighted by atomic mass is 9.93. The van der Waals surface area contributed by atoms with Crippen LogP contribution in [-0.4, -0.2) is 69.3 Å². The van der Waals surface area contributed by atoms with Gasteiger partial charge in [0, 0.05) is 30.6 Å². The van der Waals surface area contributed by atoms with Crippen LogP contribution in [-0.2, 0) is 35.5 Å². The van der Waals surface area contributed by atoms with Crippen LogP contribution in [0, 0.1) is 0 Å². The largest absolute Gasteiger partial charge is 0.444 e. The van der Waals surface area contributed by atoms with Gasteiger partial charge >= 0.3 is 12.1 Å². The second-order valence-corrected chi connectivity index (χ2v) is 13.9. The van der Waals surface area contributed by atoms with E-state index in [2.05, 4.69) is 39.8 Å². The normalized spacial score (nSPS) is 13.6. The Labute approximate surface area is 289 Å². The zero-order valence-corrected chi connectivity index (χ0v) is 29.3. The zero-order valence-electron chi connectivity index (χ0n) is 27.7. The summed E-state index contributed by atoms with van der Waals surface area (Å²) in [5, 5.41) is 23.1. The van der Waals surface area contributed by atoms with Crippen LogP contribution in [0.2, 0.25) is 0 Å². The molecule has 0 saturated heterocycles. The monoisotopic (exact) mass is 692 g/mol. The van der Waals surface area contributed by atoms with Crippen molar-refractivity contribution in [1.29, 1.82) is 0 Å². The van der Waals surface area contributed by atoms with Gasteiger partial charge in [-0.3, -0.25) is 9.78 Å².